The number of aryl methyl sites for hydroxylation is 2. The summed E-state index contributed by atoms with van der Waals surface area (Å²) in [4.78, 5) is 29.0. The van der Waals surface area contributed by atoms with Crippen LogP contribution >= 0.6 is 0 Å². The lowest BCUT2D eigenvalue weighted by Gasteiger charge is -2.25. The maximum Gasteiger partial charge on any atom is 0.243 e. The van der Waals surface area contributed by atoms with E-state index in [-0.39, 0.29) is 18.4 Å². The Balaban J connectivity index is 1.55. The van der Waals surface area contributed by atoms with Gasteiger partial charge < -0.3 is 15.0 Å². The van der Waals surface area contributed by atoms with E-state index in [9.17, 15) is 9.59 Å². The lowest BCUT2D eigenvalue weighted by molar-refractivity contribution is -0.134. The summed E-state index contributed by atoms with van der Waals surface area (Å²) in [5, 5.41) is 2.95. The average molecular weight is 410 g/mol. The van der Waals surface area contributed by atoms with E-state index in [1.807, 2.05) is 56.3 Å². The Labute approximate surface area is 178 Å². The Morgan fingerprint density at radius 1 is 1.03 bits per heavy atom. The second kappa shape index (κ2) is 9.76. The van der Waals surface area contributed by atoms with Crippen molar-refractivity contribution >= 4 is 17.5 Å². The summed E-state index contributed by atoms with van der Waals surface area (Å²) in [6.45, 7) is 4.98. The van der Waals surface area contributed by atoms with Crippen LogP contribution in [0.25, 0.3) is 0 Å². The third kappa shape index (κ3) is 5.83. The topological polar surface area (TPSA) is 61.9 Å². The Bertz CT molecular complexity index is 871. The van der Waals surface area contributed by atoms with E-state index in [2.05, 4.69) is 10.2 Å². The first-order chi connectivity index (χ1) is 14.4. The van der Waals surface area contributed by atoms with Crippen LogP contribution in [0.4, 0.5) is 5.69 Å². The molecule has 2 amide bonds. The van der Waals surface area contributed by atoms with Crippen molar-refractivity contribution < 1.29 is 14.3 Å². The van der Waals surface area contributed by atoms with Crippen molar-refractivity contribution in [1.29, 1.82) is 0 Å². The van der Waals surface area contributed by atoms with Crippen molar-refractivity contribution in [2.24, 2.45) is 0 Å². The largest absolute Gasteiger partial charge is 0.497 e. The number of hydrogen-bond acceptors (Lipinski definition) is 4. The number of amides is 2. The van der Waals surface area contributed by atoms with Gasteiger partial charge in [-0.05, 0) is 55.5 Å². The quantitative estimate of drug-likeness (QED) is 0.690. The van der Waals surface area contributed by atoms with Gasteiger partial charge in [-0.2, -0.15) is 0 Å². The Kier molecular flexibility index (Phi) is 7.11. The van der Waals surface area contributed by atoms with Crippen LogP contribution in [0, 0.1) is 13.8 Å². The fraction of sp³-hybridized carbons (Fsp3) is 0.417. The van der Waals surface area contributed by atoms with Gasteiger partial charge >= 0.3 is 0 Å². The van der Waals surface area contributed by atoms with Gasteiger partial charge in [0.1, 0.15) is 5.75 Å². The van der Waals surface area contributed by atoms with E-state index in [1.54, 1.807) is 14.2 Å². The van der Waals surface area contributed by atoms with Gasteiger partial charge in [0.2, 0.25) is 11.8 Å². The lowest BCUT2D eigenvalue weighted by atomic mass is 10.1. The van der Waals surface area contributed by atoms with Gasteiger partial charge in [-0.25, -0.2) is 0 Å². The summed E-state index contributed by atoms with van der Waals surface area (Å²) in [5.74, 6) is 0.589. The molecule has 3 rings (SSSR count). The molecule has 30 heavy (non-hydrogen) atoms. The first-order valence-electron chi connectivity index (χ1n) is 10.3. The highest BCUT2D eigenvalue weighted by molar-refractivity contribution is 5.95. The Hall–Kier alpha value is -2.86. The molecule has 2 aromatic carbocycles. The molecule has 0 heterocycles. The highest BCUT2D eigenvalue weighted by atomic mass is 16.5. The highest BCUT2D eigenvalue weighted by Gasteiger charge is 2.31. The molecule has 1 aliphatic carbocycles. The number of carbonyl (C=O) groups is 2. The summed E-state index contributed by atoms with van der Waals surface area (Å²) in [7, 11) is 3.33. The van der Waals surface area contributed by atoms with Crippen LogP contribution in [0.1, 0.15) is 29.5 Å². The SMILES string of the molecule is COc1ccc(CN(CC(=O)N(C)CC(=O)Nc2c(C)cccc2C)C2CC2)cc1. The second-order valence-corrected chi connectivity index (χ2v) is 8.05. The number of para-hydroxylation sites is 1. The third-order valence-corrected chi connectivity index (χ3v) is 5.50. The van der Waals surface area contributed by atoms with Gasteiger partial charge in [0, 0.05) is 25.3 Å². The van der Waals surface area contributed by atoms with Crippen molar-refractivity contribution in [1.82, 2.24) is 9.80 Å². The number of rotatable bonds is 9. The minimum Gasteiger partial charge on any atom is -0.497 e. The van der Waals surface area contributed by atoms with Crippen LogP contribution in [-0.2, 0) is 16.1 Å². The molecule has 6 heteroatoms. The molecule has 6 nitrogen and oxygen atoms in total. The van der Waals surface area contributed by atoms with Crippen molar-refractivity contribution in [2.45, 2.75) is 39.3 Å². The van der Waals surface area contributed by atoms with Crippen LogP contribution in [0.3, 0.4) is 0 Å². The molecule has 0 saturated heterocycles. The number of nitrogens with zero attached hydrogens (tertiary/aromatic N) is 2. The molecular formula is C24H31N3O3. The maximum absolute atomic E-state index is 12.8. The summed E-state index contributed by atoms with van der Waals surface area (Å²) in [6.07, 6.45) is 2.22. The van der Waals surface area contributed by atoms with Crippen molar-refractivity contribution in [2.75, 3.05) is 32.6 Å². The van der Waals surface area contributed by atoms with E-state index in [4.69, 9.17) is 4.74 Å². The van der Waals surface area contributed by atoms with Gasteiger partial charge in [0.05, 0.1) is 20.2 Å². The number of likely N-dealkylation sites (N-methyl/N-ethyl adjacent to an activating group) is 1. The zero-order valence-corrected chi connectivity index (χ0v) is 18.3. The van der Waals surface area contributed by atoms with Crippen molar-refractivity contribution in [3.8, 4) is 5.75 Å². The fourth-order valence-electron chi connectivity index (χ4n) is 3.51. The second-order valence-electron chi connectivity index (χ2n) is 8.05. The first-order valence-corrected chi connectivity index (χ1v) is 10.3. The van der Waals surface area contributed by atoms with Gasteiger partial charge in [-0.3, -0.25) is 14.5 Å². The summed E-state index contributed by atoms with van der Waals surface area (Å²) < 4.78 is 5.21. The number of hydrogen-bond donors (Lipinski definition) is 1. The van der Waals surface area contributed by atoms with Crippen LogP contribution < -0.4 is 10.1 Å². The van der Waals surface area contributed by atoms with Gasteiger partial charge in [-0.15, -0.1) is 0 Å². The fourth-order valence-corrected chi connectivity index (χ4v) is 3.51. The Morgan fingerprint density at radius 2 is 1.67 bits per heavy atom. The summed E-state index contributed by atoms with van der Waals surface area (Å²) in [5.41, 5.74) is 3.99. The predicted molar refractivity (Wildman–Crippen MR) is 119 cm³/mol. The third-order valence-electron chi connectivity index (χ3n) is 5.50. The molecule has 1 saturated carbocycles. The molecule has 0 spiro atoms. The number of carbonyl (C=O) groups excluding carboxylic acids is 2. The zero-order chi connectivity index (χ0) is 21.7. The molecule has 1 aliphatic rings. The minimum atomic E-state index is -0.184. The maximum atomic E-state index is 12.8. The zero-order valence-electron chi connectivity index (χ0n) is 18.3. The van der Waals surface area contributed by atoms with Crippen LogP contribution in [0.15, 0.2) is 42.5 Å². The van der Waals surface area contributed by atoms with Crippen LogP contribution in [0.2, 0.25) is 0 Å². The normalized spacial score (nSPS) is 13.2. The number of nitrogens with one attached hydrogen (secondary N) is 1. The average Bonchev–Trinajstić information content (AvgIpc) is 3.56. The molecule has 0 unspecified atom stereocenters. The molecule has 0 bridgehead atoms. The first kappa shape index (κ1) is 21.8. The smallest absolute Gasteiger partial charge is 0.243 e. The van der Waals surface area contributed by atoms with E-state index in [1.165, 1.54) is 4.90 Å². The van der Waals surface area contributed by atoms with Crippen LogP contribution in [0.5, 0.6) is 5.75 Å². The molecule has 1 N–H and O–H groups in total. The molecule has 0 atom stereocenters. The lowest BCUT2D eigenvalue weighted by Crippen LogP contribution is -2.42. The summed E-state index contributed by atoms with van der Waals surface area (Å²) in [6, 6.07) is 14.3. The van der Waals surface area contributed by atoms with Gasteiger partial charge in [0.25, 0.3) is 0 Å². The number of methoxy groups -OCH3 is 1. The molecular weight excluding hydrogens is 378 g/mol. The van der Waals surface area contributed by atoms with Crippen LogP contribution in [-0.4, -0.2) is 54.9 Å². The van der Waals surface area contributed by atoms with Gasteiger partial charge in [0.15, 0.2) is 0 Å². The monoisotopic (exact) mass is 409 g/mol. The molecule has 0 radical (unpaired) electrons. The molecule has 160 valence electrons. The van der Waals surface area contributed by atoms with Crippen molar-refractivity contribution in [3.63, 3.8) is 0 Å². The van der Waals surface area contributed by atoms with E-state index in [0.717, 1.165) is 41.0 Å². The van der Waals surface area contributed by atoms with Gasteiger partial charge in [-0.1, -0.05) is 30.3 Å². The number of benzene rings is 2. The molecule has 0 aromatic heterocycles. The molecule has 0 aliphatic heterocycles. The minimum absolute atomic E-state index is 0.0354. The number of anilines is 1. The standard InChI is InChI=1S/C24H31N3O3/c1-17-6-5-7-18(2)24(17)25-22(28)15-26(3)23(29)16-27(20-10-11-20)14-19-8-12-21(30-4)13-9-19/h5-9,12-13,20H,10-11,14-16H2,1-4H3,(H,25,28). The number of ether oxygens (including phenoxy) is 1. The van der Waals surface area contributed by atoms with E-state index < -0.39 is 0 Å². The molecule has 1 fully saturated rings. The summed E-state index contributed by atoms with van der Waals surface area (Å²) >= 11 is 0. The van der Waals surface area contributed by atoms with E-state index >= 15 is 0 Å². The molecule has 2 aromatic rings. The van der Waals surface area contributed by atoms with E-state index in [0.29, 0.717) is 19.1 Å². The highest BCUT2D eigenvalue weighted by Crippen LogP contribution is 2.28. The predicted octanol–water partition coefficient (Wildman–Crippen LogP) is 3.37. The Morgan fingerprint density at radius 3 is 2.23 bits per heavy atom. The van der Waals surface area contributed by atoms with Crippen molar-refractivity contribution in [3.05, 3.63) is 59.2 Å².